The third-order valence-corrected chi connectivity index (χ3v) is 3.72. The van der Waals surface area contributed by atoms with Gasteiger partial charge in [0.1, 0.15) is 12.2 Å². The quantitative estimate of drug-likeness (QED) is 0.915. The lowest BCUT2D eigenvalue weighted by Crippen LogP contribution is -2.39. The number of aromatic nitrogens is 3. The van der Waals surface area contributed by atoms with Crippen molar-refractivity contribution < 1.29 is 13.2 Å². The molecule has 1 N–H and O–H groups in total. The molecule has 1 aliphatic rings. The standard InChI is InChI=1S/C12H19F3N4/c1-19-8-17-18-11(19)5-6-16-10-4-2-3-9(7-10)12(13,14)15/h8-10,16H,2-7H2,1H3. The predicted molar refractivity (Wildman–Crippen MR) is 64.5 cm³/mol. The number of hydrogen-bond acceptors (Lipinski definition) is 3. The van der Waals surface area contributed by atoms with Crippen LogP contribution in [0.1, 0.15) is 31.5 Å². The highest BCUT2D eigenvalue weighted by atomic mass is 19.4. The minimum atomic E-state index is -4.05. The van der Waals surface area contributed by atoms with Crippen molar-refractivity contribution in [1.82, 2.24) is 20.1 Å². The molecule has 1 heterocycles. The second-order valence-corrected chi connectivity index (χ2v) is 5.16. The summed E-state index contributed by atoms with van der Waals surface area (Å²) in [5, 5.41) is 10.9. The highest BCUT2D eigenvalue weighted by Crippen LogP contribution is 2.37. The average molecular weight is 276 g/mol. The lowest BCUT2D eigenvalue weighted by atomic mass is 9.85. The minimum absolute atomic E-state index is 0.0337. The maximum atomic E-state index is 12.7. The van der Waals surface area contributed by atoms with E-state index in [4.69, 9.17) is 0 Å². The van der Waals surface area contributed by atoms with Gasteiger partial charge in [-0.05, 0) is 19.3 Å². The Bertz CT molecular complexity index is 402. The van der Waals surface area contributed by atoms with Crippen LogP contribution in [-0.2, 0) is 13.5 Å². The molecule has 0 aromatic carbocycles. The van der Waals surface area contributed by atoms with Gasteiger partial charge < -0.3 is 9.88 Å². The summed E-state index contributed by atoms with van der Waals surface area (Å²) in [7, 11) is 1.86. The number of halogens is 3. The van der Waals surface area contributed by atoms with Gasteiger partial charge in [-0.15, -0.1) is 10.2 Å². The molecule has 1 aromatic rings. The zero-order valence-corrected chi connectivity index (χ0v) is 11.0. The van der Waals surface area contributed by atoms with Crippen molar-refractivity contribution in [3.8, 4) is 0 Å². The summed E-state index contributed by atoms with van der Waals surface area (Å²) in [4.78, 5) is 0. The minimum Gasteiger partial charge on any atom is -0.321 e. The van der Waals surface area contributed by atoms with Gasteiger partial charge >= 0.3 is 6.18 Å². The Morgan fingerprint density at radius 3 is 2.84 bits per heavy atom. The first-order valence-electron chi connectivity index (χ1n) is 6.60. The Balaban J connectivity index is 1.75. The summed E-state index contributed by atoms with van der Waals surface area (Å²) in [6.07, 6.45) is 0.188. The monoisotopic (exact) mass is 276 g/mol. The smallest absolute Gasteiger partial charge is 0.321 e. The van der Waals surface area contributed by atoms with Crippen molar-refractivity contribution in [2.24, 2.45) is 13.0 Å². The zero-order valence-electron chi connectivity index (χ0n) is 11.0. The summed E-state index contributed by atoms with van der Waals surface area (Å²) in [5.41, 5.74) is 0. The molecular formula is C12H19F3N4. The van der Waals surface area contributed by atoms with Crippen LogP contribution in [0.25, 0.3) is 0 Å². The van der Waals surface area contributed by atoms with Gasteiger partial charge in [0.05, 0.1) is 5.92 Å². The SMILES string of the molecule is Cn1cnnc1CCNC1CCCC(C(F)(F)F)C1. The molecule has 1 aliphatic carbocycles. The molecule has 1 aromatic heterocycles. The highest BCUT2D eigenvalue weighted by Gasteiger charge is 2.41. The second-order valence-electron chi connectivity index (χ2n) is 5.16. The molecule has 1 saturated carbocycles. The third-order valence-electron chi connectivity index (χ3n) is 3.72. The van der Waals surface area contributed by atoms with Gasteiger partial charge in [0, 0.05) is 26.1 Å². The molecule has 0 bridgehead atoms. The van der Waals surface area contributed by atoms with Crippen molar-refractivity contribution in [2.75, 3.05) is 6.54 Å². The molecule has 108 valence electrons. The van der Waals surface area contributed by atoms with Crippen LogP contribution in [0.5, 0.6) is 0 Å². The van der Waals surface area contributed by atoms with Gasteiger partial charge in [-0.25, -0.2) is 0 Å². The van der Waals surface area contributed by atoms with Crippen molar-refractivity contribution >= 4 is 0 Å². The Morgan fingerprint density at radius 1 is 1.42 bits per heavy atom. The number of alkyl halides is 3. The summed E-state index contributed by atoms with van der Waals surface area (Å²) < 4.78 is 39.8. The van der Waals surface area contributed by atoms with Gasteiger partial charge in [-0.3, -0.25) is 0 Å². The number of aryl methyl sites for hydroxylation is 1. The molecular weight excluding hydrogens is 257 g/mol. The second kappa shape index (κ2) is 5.90. The molecule has 0 radical (unpaired) electrons. The summed E-state index contributed by atoms with van der Waals surface area (Å²) >= 11 is 0. The molecule has 2 unspecified atom stereocenters. The van der Waals surface area contributed by atoms with Gasteiger partial charge in [-0.1, -0.05) is 6.42 Å². The van der Waals surface area contributed by atoms with E-state index >= 15 is 0 Å². The number of nitrogens with one attached hydrogen (secondary N) is 1. The van der Waals surface area contributed by atoms with Crippen LogP contribution < -0.4 is 5.32 Å². The highest BCUT2D eigenvalue weighted by molar-refractivity contribution is 4.87. The zero-order chi connectivity index (χ0) is 13.9. The van der Waals surface area contributed by atoms with Gasteiger partial charge in [-0.2, -0.15) is 13.2 Å². The molecule has 0 aliphatic heterocycles. The summed E-state index contributed by atoms with van der Waals surface area (Å²) in [6.45, 7) is 0.641. The van der Waals surface area contributed by atoms with E-state index in [9.17, 15) is 13.2 Å². The molecule has 0 saturated heterocycles. The Labute approximate surface area is 110 Å². The van der Waals surface area contributed by atoms with E-state index in [2.05, 4.69) is 15.5 Å². The van der Waals surface area contributed by atoms with Crippen LogP contribution in [0.2, 0.25) is 0 Å². The molecule has 2 rings (SSSR count). The fraction of sp³-hybridized carbons (Fsp3) is 0.833. The Kier molecular flexibility index (Phi) is 4.44. The Morgan fingerprint density at radius 2 is 2.21 bits per heavy atom. The summed E-state index contributed by atoms with van der Waals surface area (Å²) in [5.74, 6) is -0.302. The molecule has 1 fully saturated rings. The summed E-state index contributed by atoms with van der Waals surface area (Å²) in [6, 6.07) is -0.0337. The fourth-order valence-electron chi connectivity index (χ4n) is 2.59. The molecule has 7 heteroatoms. The Hall–Kier alpha value is -1.11. The van der Waals surface area contributed by atoms with E-state index in [0.717, 1.165) is 12.2 Å². The van der Waals surface area contributed by atoms with Crippen LogP contribution in [0.15, 0.2) is 6.33 Å². The molecule has 19 heavy (non-hydrogen) atoms. The van der Waals surface area contributed by atoms with Crippen LogP contribution >= 0.6 is 0 Å². The van der Waals surface area contributed by atoms with Crippen molar-refractivity contribution in [1.29, 1.82) is 0 Å². The average Bonchev–Trinajstić information content (AvgIpc) is 2.75. The lowest BCUT2D eigenvalue weighted by molar-refractivity contribution is -0.183. The van der Waals surface area contributed by atoms with Crippen molar-refractivity contribution in [3.63, 3.8) is 0 Å². The van der Waals surface area contributed by atoms with Crippen LogP contribution in [-0.4, -0.2) is 33.5 Å². The maximum Gasteiger partial charge on any atom is 0.391 e. The van der Waals surface area contributed by atoms with Crippen LogP contribution in [0.3, 0.4) is 0 Å². The number of hydrogen-bond donors (Lipinski definition) is 1. The normalized spacial score (nSPS) is 24.6. The van der Waals surface area contributed by atoms with Crippen molar-refractivity contribution in [2.45, 2.75) is 44.3 Å². The van der Waals surface area contributed by atoms with Crippen LogP contribution in [0, 0.1) is 5.92 Å². The predicted octanol–water partition coefficient (Wildman–Crippen LogP) is 2.07. The van der Waals surface area contributed by atoms with E-state index in [0.29, 0.717) is 19.4 Å². The largest absolute Gasteiger partial charge is 0.391 e. The molecule has 2 atom stereocenters. The number of rotatable bonds is 4. The van der Waals surface area contributed by atoms with E-state index in [1.807, 2.05) is 11.6 Å². The van der Waals surface area contributed by atoms with Crippen molar-refractivity contribution in [3.05, 3.63) is 12.2 Å². The molecule has 0 amide bonds. The lowest BCUT2D eigenvalue weighted by Gasteiger charge is -2.31. The molecule has 0 spiro atoms. The molecule has 4 nitrogen and oxygen atoms in total. The number of nitrogens with zero attached hydrogens (tertiary/aromatic N) is 3. The van der Waals surface area contributed by atoms with Gasteiger partial charge in [0.2, 0.25) is 0 Å². The topological polar surface area (TPSA) is 42.7 Å². The van der Waals surface area contributed by atoms with Gasteiger partial charge in [0.25, 0.3) is 0 Å². The van der Waals surface area contributed by atoms with E-state index in [1.165, 1.54) is 0 Å². The van der Waals surface area contributed by atoms with Gasteiger partial charge in [0.15, 0.2) is 0 Å². The first-order chi connectivity index (χ1) is 8.97. The fourth-order valence-corrected chi connectivity index (χ4v) is 2.59. The first kappa shape index (κ1) is 14.3. The van der Waals surface area contributed by atoms with E-state index in [-0.39, 0.29) is 18.9 Å². The van der Waals surface area contributed by atoms with E-state index < -0.39 is 12.1 Å². The first-order valence-corrected chi connectivity index (χ1v) is 6.60. The van der Waals surface area contributed by atoms with Crippen LogP contribution in [0.4, 0.5) is 13.2 Å². The van der Waals surface area contributed by atoms with E-state index in [1.54, 1.807) is 6.33 Å². The maximum absolute atomic E-state index is 12.7. The third kappa shape index (κ3) is 3.92.